The van der Waals surface area contributed by atoms with Gasteiger partial charge in [-0.3, -0.25) is 4.79 Å². The van der Waals surface area contributed by atoms with Crippen LogP contribution in [0.15, 0.2) is 60.7 Å². The maximum Gasteiger partial charge on any atom is 0.317 e. The van der Waals surface area contributed by atoms with Crippen LogP contribution in [0, 0.1) is 6.92 Å². The third kappa shape index (κ3) is 4.23. The predicted octanol–water partition coefficient (Wildman–Crippen LogP) is 4.59. The molecule has 32 heavy (non-hydrogen) atoms. The molecule has 1 aromatic heterocycles. The first-order chi connectivity index (χ1) is 15.5. The summed E-state index contributed by atoms with van der Waals surface area (Å²) in [4.78, 5) is 29.2. The fraction of sp³-hybridized carbons (Fsp3) is 0.280. The number of carbonyl (C=O) groups is 2. The van der Waals surface area contributed by atoms with Crippen molar-refractivity contribution in [2.75, 3.05) is 32.7 Å². The molecule has 1 fully saturated rings. The van der Waals surface area contributed by atoms with E-state index in [4.69, 9.17) is 11.6 Å². The zero-order valence-corrected chi connectivity index (χ0v) is 19.1. The zero-order chi connectivity index (χ0) is 22.7. The van der Waals surface area contributed by atoms with E-state index in [0.717, 1.165) is 22.6 Å². The van der Waals surface area contributed by atoms with Gasteiger partial charge in [0, 0.05) is 38.4 Å². The van der Waals surface area contributed by atoms with Crippen molar-refractivity contribution < 1.29 is 9.59 Å². The highest BCUT2D eigenvalue weighted by atomic mass is 35.5. The van der Waals surface area contributed by atoms with E-state index in [0.29, 0.717) is 43.3 Å². The molecule has 0 unspecified atom stereocenters. The molecule has 7 heteroatoms. The zero-order valence-electron chi connectivity index (χ0n) is 18.3. The number of piperazine rings is 1. The number of nitrogens with zero attached hydrogens (tertiary/aromatic N) is 3. The van der Waals surface area contributed by atoms with E-state index in [1.54, 1.807) is 4.90 Å². The highest BCUT2D eigenvalue weighted by molar-refractivity contribution is 6.32. The molecule has 1 saturated heterocycles. The normalized spacial score (nSPS) is 13.8. The van der Waals surface area contributed by atoms with Gasteiger partial charge >= 0.3 is 6.03 Å². The highest BCUT2D eigenvalue weighted by Gasteiger charge is 2.28. The van der Waals surface area contributed by atoms with E-state index in [-0.39, 0.29) is 11.9 Å². The Hall–Kier alpha value is -3.25. The molecule has 3 amide bonds. The van der Waals surface area contributed by atoms with Crippen LogP contribution in [0.3, 0.4) is 0 Å². The average molecular weight is 451 g/mol. The molecule has 4 rings (SSSR count). The second-order valence-corrected chi connectivity index (χ2v) is 8.20. The van der Waals surface area contributed by atoms with Gasteiger partial charge in [-0.2, -0.15) is 0 Å². The van der Waals surface area contributed by atoms with Crippen molar-refractivity contribution in [3.63, 3.8) is 0 Å². The van der Waals surface area contributed by atoms with Crippen LogP contribution >= 0.6 is 11.6 Å². The summed E-state index contributed by atoms with van der Waals surface area (Å²) >= 11 is 6.54. The number of benzene rings is 2. The van der Waals surface area contributed by atoms with Crippen LogP contribution in [0.5, 0.6) is 0 Å². The van der Waals surface area contributed by atoms with Gasteiger partial charge in [0.15, 0.2) is 0 Å². The standard InChI is InChI=1S/C25H27ClN4O2/c1-3-27-25(32)29-15-13-28(14-16-29)24(31)20-17-23(19-9-5-4-6-10-19)30(18(20)2)22-12-8-7-11-21(22)26/h4-12,17H,3,13-16H2,1-2H3,(H,27,32). The van der Waals surface area contributed by atoms with Gasteiger partial charge in [0.25, 0.3) is 5.91 Å². The minimum atomic E-state index is -0.0768. The van der Waals surface area contributed by atoms with Gasteiger partial charge in [0.1, 0.15) is 0 Å². The van der Waals surface area contributed by atoms with Crippen molar-refractivity contribution in [3.8, 4) is 16.9 Å². The Morgan fingerprint density at radius 1 is 0.938 bits per heavy atom. The fourth-order valence-corrected chi connectivity index (χ4v) is 4.35. The number of rotatable bonds is 4. The van der Waals surface area contributed by atoms with E-state index in [1.807, 2.05) is 79.4 Å². The van der Waals surface area contributed by atoms with Crippen LogP contribution in [-0.2, 0) is 0 Å². The largest absolute Gasteiger partial charge is 0.338 e. The molecule has 6 nitrogen and oxygen atoms in total. The molecule has 0 saturated carbocycles. The van der Waals surface area contributed by atoms with E-state index in [2.05, 4.69) is 9.88 Å². The van der Waals surface area contributed by atoms with Gasteiger partial charge < -0.3 is 19.7 Å². The average Bonchev–Trinajstić information content (AvgIpc) is 3.16. The Morgan fingerprint density at radius 3 is 2.22 bits per heavy atom. The highest BCUT2D eigenvalue weighted by Crippen LogP contribution is 2.33. The molecular formula is C25H27ClN4O2. The van der Waals surface area contributed by atoms with Crippen molar-refractivity contribution in [1.29, 1.82) is 0 Å². The summed E-state index contributed by atoms with van der Waals surface area (Å²) in [5.41, 5.74) is 4.25. The number of hydrogen-bond acceptors (Lipinski definition) is 2. The molecule has 2 aromatic carbocycles. The quantitative estimate of drug-likeness (QED) is 0.631. The smallest absolute Gasteiger partial charge is 0.317 e. The number of nitrogens with one attached hydrogen (secondary N) is 1. The number of halogens is 1. The summed E-state index contributed by atoms with van der Waals surface area (Å²) in [5.74, 6) is -0.0268. The number of urea groups is 1. The molecule has 0 atom stereocenters. The number of aromatic nitrogens is 1. The van der Waals surface area contributed by atoms with Crippen molar-refractivity contribution in [3.05, 3.63) is 76.9 Å². The fourth-order valence-electron chi connectivity index (χ4n) is 4.13. The molecule has 0 spiro atoms. The Labute approximate surface area is 193 Å². The topological polar surface area (TPSA) is 57.6 Å². The summed E-state index contributed by atoms with van der Waals surface area (Å²) in [6.07, 6.45) is 0. The molecule has 2 heterocycles. The van der Waals surface area contributed by atoms with Gasteiger partial charge in [-0.15, -0.1) is 0 Å². The summed E-state index contributed by atoms with van der Waals surface area (Å²) in [7, 11) is 0. The Morgan fingerprint density at radius 2 is 1.56 bits per heavy atom. The maximum atomic E-state index is 13.5. The Kier molecular flexibility index (Phi) is 6.51. The maximum absolute atomic E-state index is 13.5. The number of carbonyl (C=O) groups excluding carboxylic acids is 2. The van der Waals surface area contributed by atoms with Crippen LogP contribution in [0.2, 0.25) is 5.02 Å². The predicted molar refractivity (Wildman–Crippen MR) is 128 cm³/mol. The second-order valence-electron chi connectivity index (χ2n) is 7.80. The minimum Gasteiger partial charge on any atom is -0.338 e. The van der Waals surface area contributed by atoms with Gasteiger partial charge in [-0.05, 0) is 37.6 Å². The Bertz CT molecular complexity index is 1120. The van der Waals surface area contributed by atoms with Crippen LogP contribution < -0.4 is 5.32 Å². The van der Waals surface area contributed by atoms with E-state index < -0.39 is 0 Å². The first-order valence-corrected chi connectivity index (χ1v) is 11.2. The molecule has 3 aromatic rings. The van der Waals surface area contributed by atoms with Gasteiger partial charge in [-0.1, -0.05) is 54.1 Å². The SMILES string of the molecule is CCNC(=O)N1CCN(C(=O)c2cc(-c3ccccc3)n(-c3ccccc3Cl)c2C)CC1. The van der Waals surface area contributed by atoms with Gasteiger partial charge in [0.2, 0.25) is 0 Å². The molecule has 1 aliphatic heterocycles. The number of hydrogen-bond donors (Lipinski definition) is 1. The van der Waals surface area contributed by atoms with Crippen molar-refractivity contribution in [1.82, 2.24) is 19.7 Å². The van der Waals surface area contributed by atoms with Crippen molar-refractivity contribution >= 4 is 23.5 Å². The summed E-state index contributed by atoms with van der Waals surface area (Å²) < 4.78 is 2.05. The molecule has 0 bridgehead atoms. The monoisotopic (exact) mass is 450 g/mol. The van der Waals surface area contributed by atoms with Gasteiger partial charge in [-0.25, -0.2) is 4.79 Å². The molecule has 1 aliphatic rings. The van der Waals surface area contributed by atoms with Crippen LogP contribution in [0.4, 0.5) is 4.79 Å². The van der Waals surface area contributed by atoms with E-state index in [1.165, 1.54) is 0 Å². The molecule has 1 N–H and O–H groups in total. The van der Waals surface area contributed by atoms with Crippen LogP contribution in [-0.4, -0.2) is 59.0 Å². The first-order valence-electron chi connectivity index (χ1n) is 10.9. The lowest BCUT2D eigenvalue weighted by Gasteiger charge is -2.34. The van der Waals surface area contributed by atoms with E-state index >= 15 is 0 Å². The lowest BCUT2D eigenvalue weighted by molar-refractivity contribution is 0.0664. The molecule has 0 radical (unpaired) electrons. The lowest BCUT2D eigenvalue weighted by Crippen LogP contribution is -2.53. The summed E-state index contributed by atoms with van der Waals surface area (Å²) in [6, 6.07) is 19.5. The number of amides is 3. The third-order valence-corrected chi connectivity index (χ3v) is 6.14. The summed E-state index contributed by atoms with van der Waals surface area (Å²) in [6.45, 7) is 6.50. The van der Waals surface area contributed by atoms with E-state index in [9.17, 15) is 9.59 Å². The minimum absolute atomic E-state index is 0.0268. The number of para-hydroxylation sites is 1. The van der Waals surface area contributed by atoms with Crippen molar-refractivity contribution in [2.24, 2.45) is 0 Å². The molecular weight excluding hydrogens is 424 g/mol. The third-order valence-electron chi connectivity index (χ3n) is 5.82. The molecule has 0 aliphatic carbocycles. The van der Waals surface area contributed by atoms with Crippen LogP contribution in [0.1, 0.15) is 23.0 Å². The first kappa shape index (κ1) is 22.0. The van der Waals surface area contributed by atoms with Crippen LogP contribution in [0.25, 0.3) is 16.9 Å². The van der Waals surface area contributed by atoms with Crippen molar-refractivity contribution in [2.45, 2.75) is 13.8 Å². The van der Waals surface area contributed by atoms with Gasteiger partial charge in [0.05, 0.1) is 22.0 Å². The lowest BCUT2D eigenvalue weighted by atomic mass is 10.1. The second kappa shape index (κ2) is 9.49. The summed E-state index contributed by atoms with van der Waals surface area (Å²) in [5, 5.41) is 3.44. The Balaban J connectivity index is 1.68. The molecule has 166 valence electrons.